The van der Waals surface area contributed by atoms with E-state index in [9.17, 15) is 0 Å². The van der Waals surface area contributed by atoms with Crippen LogP contribution in [-0.4, -0.2) is 40.1 Å². The second-order valence-electron chi connectivity index (χ2n) is 5.98. The fraction of sp³-hybridized carbons (Fsp3) is 0.769. The summed E-state index contributed by atoms with van der Waals surface area (Å²) in [6.07, 6.45) is 4.04. The van der Waals surface area contributed by atoms with Crippen molar-refractivity contribution in [2.24, 2.45) is 0 Å². The van der Waals surface area contributed by atoms with Gasteiger partial charge >= 0.3 is 0 Å². The normalized spacial score (nSPS) is 14.3. The van der Waals surface area contributed by atoms with E-state index in [1.807, 2.05) is 6.33 Å². The Morgan fingerprint density at radius 1 is 1.41 bits per heavy atom. The maximum Gasteiger partial charge on any atom is 0.0950 e. The molecule has 17 heavy (non-hydrogen) atoms. The van der Waals surface area contributed by atoms with Crippen molar-refractivity contribution in [2.45, 2.75) is 52.4 Å². The van der Waals surface area contributed by atoms with Gasteiger partial charge in [0.1, 0.15) is 0 Å². The summed E-state index contributed by atoms with van der Waals surface area (Å²) in [6.45, 7) is 10.5. The van der Waals surface area contributed by atoms with Gasteiger partial charge in [0.2, 0.25) is 0 Å². The zero-order valence-electron chi connectivity index (χ0n) is 12.0. The number of hydrogen-bond acceptors (Lipinski definition) is 3. The van der Waals surface area contributed by atoms with Gasteiger partial charge in [0.25, 0.3) is 0 Å². The Balaban J connectivity index is 2.48. The molecule has 0 spiro atoms. The number of rotatable bonds is 5. The third-order valence-electron chi connectivity index (χ3n) is 2.84. The number of aromatic nitrogens is 2. The van der Waals surface area contributed by atoms with E-state index in [0.717, 1.165) is 18.8 Å². The Hall–Kier alpha value is -0.870. The molecule has 1 rings (SSSR count). The van der Waals surface area contributed by atoms with E-state index in [0.29, 0.717) is 6.04 Å². The highest BCUT2D eigenvalue weighted by molar-refractivity contribution is 4.97. The van der Waals surface area contributed by atoms with Gasteiger partial charge < -0.3 is 14.8 Å². The van der Waals surface area contributed by atoms with Crippen LogP contribution >= 0.6 is 0 Å². The number of nitrogens with zero attached hydrogens (tertiary/aromatic N) is 3. The number of nitrogens with one attached hydrogen (secondary N) is 1. The minimum Gasteiger partial charge on any atom is -0.336 e. The second kappa shape index (κ2) is 5.65. The first-order valence-electron chi connectivity index (χ1n) is 6.20. The highest BCUT2D eigenvalue weighted by atomic mass is 15.1. The van der Waals surface area contributed by atoms with E-state index in [1.54, 1.807) is 0 Å². The molecule has 0 aliphatic heterocycles. The molecule has 1 N–H and O–H groups in total. The molecule has 0 fully saturated rings. The summed E-state index contributed by atoms with van der Waals surface area (Å²) < 4.78 is 2.16. The zero-order chi connectivity index (χ0) is 13.1. The number of hydrogen-bond donors (Lipinski definition) is 1. The fourth-order valence-corrected chi connectivity index (χ4v) is 1.42. The van der Waals surface area contributed by atoms with Crippen LogP contribution in [0, 0.1) is 0 Å². The highest BCUT2D eigenvalue weighted by Gasteiger charge is 2.10. The molecular weight excluding hydrogens is 212 g/mol. The first-order chi connectivity index (χ1) is 7.78. The molecule has 1 heterocycles. The molecule has 4 nitrogen and oxygen atoms in total. The molecule has 1 atom stereocenters. The Labute approximate surface area is 105 Å². The molecule has 0 amide bonds. The van der Waals surface area contributed by atoms with Crippen molar-refractivity contribution >= 4 is 0 Å². The molecule has 0 aliphatic carbocycles. The second-order valence-corrected chi connectivity index (χ2v) is 5.98. The van der Waals surface area contributed by atoms with Gasteiger partial charge in [0, 0.05) is 30.9 Å². The molecule has 1 unspecified atom stereocenters. The molecule has 0 saturated carbocycles. The summed E-state index contributed by atoms with van der Waals surface area (Å²) in [4.78, 5) is 6.63. The predicted molar refractivity (Wildman–Crippen MR) is 72.0 cm³/mol. The zero-order valence-corrected chi connectivity index (χ0v) is 12.0. The van der Waals surface area contributed by atoms with Gasteiger partial charge in [-0.1, -0.05) is 0 Å². The van der Waals surface area contributed by atoms with Crippen LogP contribution in [0.15, 0.2) is 12.5 Å². The molecule has 0 radical (unpaired) electrons. The SMILES string of the molecule is CC(Cn1cnc(CNC(C)(C)C)c1)N(C)C. The molecular formula is C13H26N4. The summed E-state index contributed by atoms with van der Waals surface area (Å²) in [6, 6.07) is 0.521. The third kappa shape index (κ3) is 5.33. The maximum absolute atomic E-state index is 4.41. The first-order valence-corrected chi connectivity index (χ1v) is 6.20. The van der Waals surface area contributed by atoms with Gasteiger partial charge in [-0.2, -0.15) is 0 Å². The van der Waals surface area contributed by atoms with E-state index in [1.165, 1.54) is 0 Å². The average Bonchev–Trinajstić information content (AvgIpc) is 2.61. The van der Waals surface area contributed by atoms with Crippen molar-refractivity contribution in [3.63, 3.8) is 0 Å². The van der Waals surface area contributed by atoms with Crippen molar-refractivity contribution in [1.82, 2.24) is 19.8 Å². The quantitative estimate of drug-likeness (QED) is 0.848. The summed E-state index contributed by atoms with van der Waals surface area (Å²) >= 11 is 0. The summed E-state index contributed by atoms with van der Waals surface area (Å²) in [7, 11) is 4.20. The van der Waals surface area contributed by atoms with Gasteiger partial charge in [-0.05, 0) is 41.8 Å². The number of imidazole rings is 1. The Morgan fingerprint density at radius 3 is 2.59 bits per heavy atom. The van der Waals surface area contributed by atoms with Crippen molar-refractivity contribution in [3.05, 3.63) is 18.2 Å². The molecule has 0 bridgehead atoms. The predicted octanol–water partition coefficient (Wildman–Crippen LogP) is 1.72. The standard InChI is InChI=1S/C13H26N4/c1-11(16(5)6)8-17-9-12(14-10-17)7-15-13(2,3)4/h9-11,15H,7-8H2,1-6H3. The topological polar surface area (TPSA) is 33.1 Å². The van der Waals surface area contributed by atoms with Gasteiger partial charge in [-0.25, -0.2) is 4.98 Å². The Kier molecular flexibility index (Phi) is 4.71. The molecule has 0 aliphatic rings. The van der Waals surface area contributed by atoms with Crippen LogP contribution in [0.1, 0.15) is 33.4 Å². The minimum absolute atomic E-state index is 0.140. The van der Waals surface area contributed by atoms with Gasteiger partial charge in [-0.3, -0.25) is 0 Å². The summed E-state index contributed by atoms with van der Waals surface area (Å²) in [5.74, 6) is 0. The van der Waals surface area contributed by atoms with Crippen molar-refractivity contribution in [1.29, 1.82) is 0 Å². The smallest absolute Gasteiger partial charge is 0.0950 e. The largest absolute Gasteiger partial charge is 0.336 e. The summed E-state index contributed by atoms with van der Waals surface area (Å²) in [5.41, 5.74) is 1.24. The van der Waals surface area contributed by atoms with Gasteiger partial charge in [0.05, 0.1) is 12.0 Å². The van der Waals surface area contributed by atoms with E-state index in [-0.39, 0.29) is 5.54 Å². The van der Waals surface area contributed by atoms with Crippen LogP contribution in [0.4, 0.5) is 0 Å². The van der Waals surface area contributed by atoms with Crippen LogP contribution in [0.5, 0.6) is 0 Å². The van der Waals surface area contributed by atoms with Crippen molar-refractivity contribution < 1.29 is 0 Å². The monoisotopic (exact) mass is 238 g/mol. The Morgan fingerprint density at radius 2 is 2.06 bits per heavy atom. The minimum atomic E-state index is 0.140. The Bertz CT molecular complexity index is 335. The average molecular weight is 238 g/mol. The highest BCUT2D eigenvalue weighted by Crippen LogP contribution is 2.04. The van der Waals surface area contributed by atoms with Gasteiger partial charge in [0.15, 0.2) is 0 Å². The van der Waals surface area contributed by atoms with E-state index >= 15 is 0 Å². The molecule has 1 aromatic heterocycles. The van der Waals surface area contributed by atoms with Crippen molar-refractivity contribution in [2.75, 3.05) is 14.1 Å². The third-order valence-corrected chi connectivity index (χ3v) is 2.84. The van der Waals surface area contributed by atoms with Gasteiger partial charge in [-0.15, -0.1) is 0 Å². The molecule has 0 saturated heterocycles. The molecule has 98 valence electrons. The molecule has 1 aromatic rings. The fourth-order valence-electron chi connectivity index (χ4n) is 1.42. The number of likely N-dealkylation sites (N-methyl/N-ethyl adjacent to an activating group) is 1. The van der Waals surface area contributed by atoms with E-state index in [4.69, 9.17) is 0 Å². The molecule has 4 heteroatoms. The molecule has 0 aromatic carbocycles. The van der Waals surface area contributed by atoms with Crippen LogP contribution in [-0.2, 0) is 13.1 Å². The lowest BCUT2D eigenvalue weighted by molar-refractivity contribution is 0.283. The lowest BCUT2D eigenvalue weighted by atomic mass is 10.1. The van der Waals surface area contributed by atoms with E-state index in [2.05, 4.69) is 67.8 Å². The van der Waals surface area contributed by atoms with Crippen LogP contribution in [0.2, 0.25) is 0 Å². The summed E-state index contributed by atoms with van der Waals surface area (Å²) in [5, 5.41) is 3.44. The lowest BCUT2D eigenvalue weighted by Crippen LogP contribution is -2.35. The van der Waals surface area contributed by atoms with E-state index < -0.39 is 0 Å². The first kappa shape index (κ1) is 14.2. The van der Waals surface area contributed by atoms with Crippen LogP contribution in [0.3, 0.4) is 0 Å². The van der Waals surface area contributed by atoms with Crippen molar-refractivity contribution in [3.8, 4) is 0 Å². The maximum atomic E-state index is 4.41. The van der Waals surface area contributed by atoms with Crippen LogP contribution in [0.25, 0.3) is 0 Å². The lowest BCUT2D eigenvalue weighted by Gasteiger charge is -2.20. The van der Waals surface area contributed by atoms with Crippen LogP contribution < -0.4 is 5.32 Å².